The predicted octanol–water partition coefficient (Wildman–Crippen LogP) is 2.33. The first kappa shape index (κ1) is 15.2. The number of aliphatic hydroxyl groups is 1. The molecule has 0 aliphatic heterocycles. The first-order chi connectivity index (χ1) is 8.76. The van der Waals surface area contributed by atoms with E-state index in [1.807, 2.05) is 30.3 Å². The van der Waals surface area contributed by atoms with Crippen LogP contribution in [0.25, 0.3) is 0 Å². The molecule has 1 aromatic carbocycles. The van der Waals surface area contributed by atoms with Gasteiger partial charge in [0.25, 0.3) is 0 Å². The van der Waals surface area contributed by atoms with Crippen molar-refractivity contribution in [2.75, 3.05) is 19.8 Å². The standard InChI is InChI=1S/C15H25NO2/c1-2-8-15(12-16,13-17)9-10-18-11-14-6-4-3-5-7-14/h3-7,17H,2,8-13,16H2,1H3. The molecule has 0 fully saturated rings. The van der Waals surface area contributed by atoms with Gasteiger partial charge in [0.05, 0.1) is 6.61 Å². The number of hydrogen-bond acceptors (Lipinski definition) is 3. The second-order valence-corrected chi connectivity index (χ2v) is 4.90. The summed E-state index contributed by atoms with van der Waals surface area (Å²) in [5.41, 5.74) is 6.80. The molecule has 0 amide bonds. The summed E-state index contributed by atoms with van der Waals surface area (Å²) < 4.78 is 5.66. The van der Waals surface area contributed by atoms with E-state index in [9.17, 15) is 5.11 Å². The Labute approximate surface area is 110 Å². The third-order valence-electron chi connectivity index (χ3n) is 3.44. The molecular weight excluding hydrogens is 226 g/mol. The zero-order valence-corrected chi connectivity index (χ0v) is 11.3. The quantitative estimate of drug-likeness (QED) is 0.662. The first-order valence-electron chi connectivity index (χ1n) is 6.69. The normalized spacial score (nSPS) is 14.4. The van der Waals surface area contributed by atoms with Crippen molar-refractivity contribution < 1.29 is 9.84 Å². The molecule has 3 heteroatoms. The van der Waals surface area contributed by atoms with Gasteiger partial charge in [-0.05, 0) is 18.4 Å². The second-order valence-electron chi connectivity index (χ2n) is 4.90. The Morgan fingerprint density at radius 3 is 2.50 bits per heavy atom. The van der Waals surface area contributed by atoms with E-state index in [0.29, 0.717) is 19.8 Å². The molecule has 102 valence electrons. The molecule has 0 aliphatic carbocycles. The fraction of sp³-hybridized carbons (Fsp3) is 0.600. The predicted molar refractivity (Wildman–Crippen MR) is 74.2 cm³/mol. The number of rotatable bonds is 9. The summed E-state index contributed by atoms with van der Waals surface area (Å²) >= 11 is 0. The lowest BCUT2D eigenvalue weighted by molar-refractivity contribution is 0.0490. The highest BCUT2D eigenvalue weighted by Gasteiger charge is 2.26. The monoisotopic (exact) mass is 251 g/mol. The summed E-state index contributed by atoms with van der Waals surface area (Å²) in [7, 11) is 0. The van der Waals surface area contributed by atoms with Crippen molar-refractivity contribution in [3.8, 4) is 0 Å². The van der Waals surface area contributed by atoms with Gasteiger partial charge < -0.3 is 15.6 Å². The molecule has 1 rings (SSSR count). The van der Waals surface area contributed by atoms with Crippen molar-refractivity contribution in [3.63, 3.8) is 0 Å². The van der Waals surface area contributed by atoms with Gasteiger partial charge in [0, 0.05) is 25.2 Å². The summed E-state index contributed by atoms with van der Waals surface area (Å²) in [6.07, 6.45) is 2.81. The van der Waals surface area contributed by atoms with Gasteiger partial charge in [0.2, 0.25) is 0 Å². The third kappa shape index (κ3) is 4.77. The highest BCUT2D eigenvalue weighted by atomic mass is 16.5. The molecule has 0 saturated carbocycles. The number of nitrogens with two attached hydrogens (primary N) is 1. The van der Waals surface area contributed by atoms with Crippen LogP contribution in [-0.2, 0) is 11.3 Å². The van der Waals surface area contributed by atoms with Crippen LogP contribution in [0.4, 0.5) is 0 Å². The van der Waals surface area contributed by atoms with E-state index < -0.39 is 0 Å². The number of aliphatic hydroxyl groups excluding tert-OH is 1. The van der Waals surface area contributed by atoms with Crippen LogP contribution >= 0.6 is 0 Å². The van der Waals surface area contributed by atoms with Gasteiger partial charge >= 0.3 is 0 Å². The molecule has 3 nitrogen and oxygen atoms in total. The van der Waals surface area contributed by atoms with Gasteiger partial charge in [-0.15, -0.1) is 0 Å². The van der Waals surface area contributed by atoms with Crippen molar-refractivity contribution in [3.05, 3.63) is 35.9 Å². The Morgan fingerprint density at radius 2 is 1.94 bits per heavy atom. The molecule has 0 saturated heterocycles. The zero-order valence-electron chi connectivity index (χ0n) is 11.3. The Hall–Kier alpha value is -0.900. The Bertz CT molecular complexity index is 310. The minimum Gasteiger partial charge on any atom is -0.396 e. The van der Waals surface area contributed by atoms with Crippen LogP contribution in [0.3, 0.4) is 0 Å². The van der Waals surface area contributed by atoms with E-state index in [1.54, 1.807) is 0 Å². The molecule has 0 bridgehead atoms. The van der Waals surface area contributed by atoms with Crippen LogP contribution < -0.4 is 5.73 Å². The minimum atomic E-state index is -0.161. The van der Waals surface area contributed by atoms with E-state index in [1.165, 1.54) is 5.56 Å². The van der Waals surface area contributed by atoms with Crippen LogP contribution in [0.5, 0.6) is 0 Å². The van der Waals surface area contributed by atoms with Gasteiger partial charge in [-0.2, -0.15) is 0 Å². The lowest BCUT2D eigenvalue weighted by Crippen LogP contribution is -2.35. The molecule has 0 aliphatic rings. The van der Waals surface area contributed by atoms with Crippen LogP contribution in [0, 0.1) is 5.41 Å². The zero-order chi connectivity index (χ0) is 13.3. The van der Waals surface area contributed by atoms with Crippen molar-refractivity contribution >= 4 is 0 Å². The summed E-state index contributed by atoms with van der Waals surface area (Å²) in [6, 6.07) is 10.1. The summed E-state index contributed by atoms with van der Waals surface area (Å²) in [5.74, 6) is 0. The van der Waals surface area contributed by atoms with E-state index in [-0.39, 0.29) is 12.0 Å². The summed E-state index contributed by atoms with van der Waals surface area (Å²) in [6.45, 7) is 4.05. The molecule has 0 spiro atoms. The Kier molecular flexibility index (Phi) is 6.94. The highest BCUT2D eigenvalue weighted by molar-refractivity contribution is 5.13. The van der Waals surface area contributed by atoms with Crippen LogP contribution in [-0.4, -0.2) is 24.9 Å². The molecule has 0 heterocycles. The maximum Gasteiger partial charge on any atom is 0.0716 e. The second kappa shape index (κ2) is 8.25. The number of benzene rings is 1. The molecule has 3 N–H and O–H groups in total. The average molecular weight is 251 g/mol. The molecule has 18 heavy (non-hydrogen) atoms. The van der Waals surface area contributed by atoms with Gasteiger partial charge in [0.1, 0.15) is 0 Å². The minimum absolute atomic E-state index is 0.145. The van der Waals surface area contributed by atoms with Crippen LogP contribution in [0.2, 0.25) is 0 Å². The first-order valence-corrected chi connectivity index (χ1v) is 6.69. The number of ether oxygens (including phenoxy) is 1. The smallest absolute Gasteiger partial charge is 0.0716 e. The average Bonchev–Trinajstić information content (AvgIpc) is 2.43. The fourth-order valence-electron chi connectivity index (χ4n) is 2.14. The van der Waals surface area contributed by atoms with E-state index >= 15 is 0 Å². The van der Waals surface area contributed by atoms with Gasteiger partial charge in [0.15, 0.2) is 0 Å². The van der Waals surface area contributed by atoms with Gasteiger partial charge in [-0.25, -0.2) is 0 Å². The van der Waals surface area contributed by atoms with Crippen molar-refractivity contribution in [2.24, 2.45) is 11.1 Å². The SMILES string of the molecule is CCCC(CN)(CO)CCOCc1ccccc1. The number of hydrogen-bond donors (Lipinski definition) is 2. The van der Waals surface area contributed by atoms with Crippen LogP contribution in [0.1, 0.15) is 31.7 Å². The molecular formula is C15H25NO2. The topological polar surface area (TPSA) is 55.5 Å². The molecule has 1 aromatic rings. The maximum atomic E-state index is 9.49. The third-order valence-corrected chi connectivity index (χ3v) is 3.44. The highest BCUT2D eigenvalue weighted by Crippen LogP contribution is 2.26. The maximum absolute atomic E-state index is 9.49. The van der Waals surface area contributed by atoms with Crippen LogP contribution in [0.15, 0.2) is 30.3 Å². The van der Waals surface area contributed by atoms with Gasteiger partial charge in [-0.1, -0.05) is 43.7 Å². The largest absolute Gasteiger partial charge is 0.396 e. The van der Waals surface area contributed by atoms with E-state index in [4.69, 9.17) is 10.5 Å². The Balaban J connectivity index is 2.31. The van der Waals surface area contributed by atoms with E-state index in [0.717, 1.165) is 19.3 Å². The fourth-order valence-corrected chi connectivity index (χ4v) is 2.14. The lowest BCUT2D eigenvalue weighted by atomic mass is 9.81. The Morgan fingerprint density at radius 1 is 1.22 bits per heavy atom. The van der Waals surface area contributed by atoms with Crippen molar-refractivity contribution in [2.45, 2.75) is 32.8 Å². The molecule has 1 atom stereocenters. The van der Waals surface area contributed by atoms with Gasteiger partial charge in [-0.3, -0.25) is 0 Å². The molecule has 0 radical (unpaired) electrons. The summed E-state index contributed by atoms with van der Waals surface area (Å²) in [5, 5.41) is 9.49. The summed E-state index contributed by atoms with van der Waals surface area (Å²) in [4.78, 5) is 0. The molecule has 0 aromatic heterocycles. The van der Waals surface area contributed by atoms with E-state index in [2.05, 4.69) is 6.92 Å². The molecule has 1 unspecified atom stereocenters. The van der Waals surface area contributed by atoms with Crippen molar-refractivity contribution in [1.29, 1.82) is 0 Å². The van der Waals surface area contributed by atoms with Crippen molar-refractivity contribution in [1.82, 2.24) is 0 Å². The lowest BCUT2D eigenvalue weighted by Gasteiger charge is -2.30.